The number of nitrogens with zero attached hydrogens (tertiary/aromatic N) is 1. The van der Waals surface area contributed by atoms with Crippen LogP contribution in [0.15, 0.2) is 30.3 Å². The molecule has 6 nitrogen and oxygen atoms in total. The molecule has 1 saturated heterocycles. The number of methoxy groups -OCH3 is 2. The largest absolute Gasteiger partial charge is 0.496 e. The molecule has 1 spiro atoms. The second-order valence-corrected chi connectivity index (χ2v) is 7.50. The zero-order valence-electron chi connectivity index (χ0n) is 16.7. The minimum Gasteiger partial charge on any atom is -0.496 e. The van der Waals surface area contributed by atoms with Gasteiger partial charge in [-0.1, -0.05) is 0 Å². The topological polar surface area (TPSA) is 65.1 Å². The Morgan fingerprint density at radius 2 is 1.83 bits per heavy atom. The molecule has 8 heteroatoms. The van der Waals surface area contributed by atoms with Crippen LogP contribution < -0.4 is 14.2 Å². The molecule has 2 aromatic rings. The number of Topliss-reactive ketones (excluding diaryl/α,β-unsaturated/α-hetero) is 1. The van der Waals surface area contributed by atoms with E-state index in [0.29, 0.717) is 54.8 Å². The lowest BCUT2D eigenvalue weighted by molar-refractivity contribution is -0.00619. The predicted molar refractivity (Wildman–Crippen MR) is 103 cm³/mol. The summed E-state index contributed by atoms with van der Waals surface area (Å²) in [5.41, 5.74) is -0.539. The van der Waals surface area contributed by atoms with Gasteiger partial charge in [0.1, 0.15) is 40.0 Å². The zero-order valence-corrected chi connectivity index (χ0v) is 16.7. The highest BCUT2D eigenvalue weighted by atomic mass is 19.1. The number of fused-ring (bicyclic) bond motifs is 1. The number of hydrogen-bond donors (Lipinski definition) is 0. The third-order valence-electron chi connectivity index (χ3n) is 5.71. The number of benzene rings is 2. The van der Waals surface area contributed by atoms with Gasteiger partial charge in [-0.3, -0.25) is 9.59 Å². The van der Waals surface area contributed by atoms with Crippen molar-refractivity contribution in [3.05, 3.63) is 53.1 Å². The number of carbonyl (C=O) groups is 2. The molecule has 0 atom stereocenters. The van der Waals surface area contributed by atoms with Crippen molar-refractivity contribution in [1.29, 1.82) is 0 Å². The molecule has 2 aliphatic rings. The number of carbonyl (C=O) groups excluding carboxylic acids is 2. The van der Waals surface area contributed by atoms with Gasteiger partial charge in [-0.05, 0) is 12.1 Å². The molecule has 0 aliphatic carbocycles. The highest BCUT2D eigenvalue weighted by Gasteiger charge is 2.45. The molecule has 2 aliphatic heterocycles. The Labute approximate surface area is 172 Å². The minimum absolute atomic E-state index is 0.0971. The standard InChI is InChI=1S/C22H21F2NO5/c1-28-14-10-18(29-2)20-17(26)12-22(30-19(20)11-14)5-7-25(8-6-22)21(27)15-4-3-13(23)9-16(15)24/h3-4,9-11H,5-8,12H2,1-2H3. The summed E-state index contributed by atoms with van der Waals surface area (Å²) in [7, 11) is 2.99. The number of likely N-dealkylation sites (tertiary alicyclic amines) is 1. The fourth-order valence-electron chi connectivity index (χ4n) is 4.08. The van der Waals surface area contributed by atoms with E-state index in [9.17, 15) is 18.4 Å². The van der Waals surface area contributed by atoms with Gasteiger partial charge in [-0.15, -0.1) is 0 Å². The average Bonchev–Trinajstić information content (AvgIpc) is 2.72. The lowest BCUT2D eigenvalue weighted by Gasteiger charge is -2.44. The average molecular weight is 417 g/mol. The first kappa shape index (κ1) is 20.1. The van der Waals surface area contributed by atoms with Crippen LogP contribution in [0.25, 0.3) is 0 Å². The Morgan fingerprint density at radius 3 is 2.47 bits per heavy atom. The molecular formula is C22H21F2NO5. The van der Waals surface area contributed by atoms with Crippen molar-refractivity contribution in [3.63, 3.8) is 0 Å². The monoisotopic (exact) mass is 417 g/mol. The number of hydrogen-bond acceptors (Lipinski definition) is 5. The predicted octanol–water partition coefficient (Wildman–Crippen LogP) is 3.62. The first-order chi connectivity index (χ1) is 14.4. The Morgan fingerprint density at radius 1 is 1.10 bits per heavy atom. The molecule has 0 N–H and O–H groups in total. The lowest BCUT2D eigenvalue weighted by Crippen LogP contribution is -2.52. The highest BCUT2D eigenvalue weighted by Crippen LogP contribution is 2.44. The van der Waals surface area contributed by atoms with Gasteiger partial charge in [0.25, 0.3) is 5.91 Å². The van der Waals surface area contributed by atoms with E-state index in [4.69, 9.17) is 14.2 Å². The highest BCUT2D eigenvalue weighted by molar-refractivity contribution is 6.03. The number of halogens is 2. The summed E-state index contributed by atoms with van der Waals surface area (Å²) in [6.45, 7) is 0.582. The van der Waals surface area contributed by atoms with E-state index < -0.39 is 23.1 Å². The van der Waals surface area contributed by atoms with Crippen molar-refractivity contribution >= 4 is 11.7 Å². The SMILES string of the molecule is COc1cc(OC)c2c(c1)OC1(CCN(C(=O)c3ccc(F)cc3F)CC1)CC2=O. The Balaban J connectivity index is 1.54. The van der Waals surface area contributed by atoms with Gasteiger partial charge in [-0.2, -0.15) is 0 Å². The van der Waals surface area contributed by atoms with E-state index in [-0.39, 0.29) is 17.8 Å². The molecule has 0 bridgehead atoms. The molecule has 2 heterocycles. The molecule has 30 heavy (non-hydrogen) atoms. The van der Waals surface area contributed by atoms with Gasteiger partial charge in [0.05, 0.1) is 26.2 Å². The summed E-state index contributed by atoms with van der Waals surface area (Å²) in [4.78, 5) is 27.0. The maximum Gasteiger partial charge on any atom is 0.256 e. The maximum atomic E-state index is 14.0. The van der Waals surface area contributed by atoms with Crippen LogP contribution in [0.4, 0.5) is 8.78 Å². The molecule has 0 aromatic heterocycles. The van der Waals surface area contributed by atoms with Gasteiger partial charge in [0.15, 0.2) is 5.78 Å². The fraction of sp³-hybridized carbons (Fsp3) is 0.364. The van der Waals surface area contributed by atoms with E-state index in [1.54, 1.807) is 12.1 Å². The maximum absolute atomic E-state index is 14.0. The lowest BCUT2D eigenvalue weighted by atomic mass is 9.82. The smallest absolute Gasteiger partial charge is 0.256 e. The first-order valence-corrected chi connectivity index (χ1v) is 9.58. The van der Waals surface area contributed by atoms with Crippen LogP contribution in [0.5, 0.6) is 17.2 Å². The van der Waals surface area contributed by atoms with E-state index in [2.05, 4.69) is 0 Å². The Kier molecular flexibility index (Phi) is 5.09. The zero-order chi connectivity index (χ0) is 21.5. The quantitative estimate of drug-likeness (QED) is 0.763. The molecule has 4 rings (SSSR count). The minimum atomic E-state index is -0.891. The van der Waals surface area contributed by atoms with Crippen molar-refractivity contribution in [3.8, 4) is 17.2 Å². The number of piperidine rings is 1. The van der Waals surface area contributed by atoms with Gasteiger partial charge < -0.3 is 19.1 Å². The molecule has 1 fully saturated rings. The Hall–Kier alpha value is -3.16. The second-order valence-electron chi connectivity index (χ2n) is 7.50. The van der Waals surface area contributed by atoms with Gasteiger partial charge in [0, 0.05) is 44.1 Å². The van der Waals surface area contributed by atoms with E-state index >= 15 is 0 Å². The number of amides is 1. The van der Waals surface area contributed by atoms with Gasteiger partial charge >= 0.3 is 0 Å². The first-order valence-electron chi connectivity index (χ1n) is 9.58. The number of ether oxygens (including phenoxy) is 3. The van der Waals surface area contributed by atoms with Crippen molar-refractivity contribution < 1.29 is 32.6 Å². The van der Waals surface area contributed by atoms with Crippen LogP contribution in [0.3, 0.4) is 0 Å². The van der Waals surface area contributed by atoms with Crippen LogP contribution in [-0.4, -0.2) is 49.5 Å². The van der Waals surface area contributed by atoms with Crippen LogP contribution in [0, 0.1) is 11.6 Å². The summed E-state index contributed by atoms with van der Waals surface area (Å²) in [6, 6.07) is 6.19. The van der Waals surface area contributed by atoms with Gasteiger partial charge in [0.2, 0.25) is 0 Å². The normalized spacial score (nSPS) is 17.3. The van der Waals surface area contributed by atoms with Crippen molar-refractivity contribution in [2.24, 2.45) is 0 Å². The van der Waals surface area contributed by atoms with Crippen LogP contribution >= 0.6 is 0 Å². The summed E-state index contributed by atoms with van der Waals surface area (Å²) >= 11 is 0. The van der Waals surface area contributed by atoms with Crippen LogP contribution in [-0.2, 0) is 0 Å². The van der Waals surface area contributed by atoms with Crippen LogP contribution in [0.2, 0.25) is 0 Å². The third kappa shape index (κ3) is 3.46. The van der Waals surface area contributed by atoms with Crippen molar-refractivity contribution in [1.82, 2.24) is 4.90 Å². The van der Waals surface area contributed by atoms with Crippen molar-refractivity contribution in [2.75, 3.05) is 27.3 Å². The summed E-state index contributed by atoms with van der Waals surface area (Å²) in [5.74, 6) is -0.934. The Bertz CT molecular complexity index is 1010. The fourth-order valence-corrected chi connectivity index (χ4v) is 4.08. The molecule has 1 amide bonds. The molecule has 0 saturated carbocycles. The molecular weight excluding hydrogens is 396 g/mol. The molecule has 0 radical (unpaired) electrons. The molecule has 2 aromatic carbocycles. The van der Waals surface area contributed by atoms with Gasteiger partial charge in [-0.25, -0.2) is 8.78 Å². The summed E-state index contributed by atoms with van der Waals surface area (Å²) < 4.78 is 43.9. The third-order valence-corrected chi connectivity index (χ3v) is 5.71. The van der Waals surface area contributed by atoms with Crippen molar-refractivity contribution in [2.45, 2.75) is 24.9 Å². The van der Waals surface area contributed by atoms with E-state index in [1.165, 1.54) is 19.1 Å². The summed E-state index contributed by atoms with van der Waals surface area (Å²) in [5, 5.41) is 0. The van der Waals surface area contributed by atoms with Crippen LogP contribution in [0.1, 0.15) is 40.0 Å². The van der Waals surface area contributed by atoms with E-state index in [0.717, 1.165) is 12.1 Å². The summed E-state index contributed by atoms with van der Waals surface area (Å²) in [6.07, 6.45) is 0.980. The number of ketones is 1. The number of rotatable bonds is 3. The van der Waals surface area contributed by atoms with E-state index in [1.807, 2.05) is 0 Å². The molecule has 0 unspecified atom stereocenters. The second kappa shape index (κ2) is 7.59. The molecule has 158 valence electrons.